The zero-order valence-corrected chi connectivity index (χ0v) is 11.0. The smallest absolute Gasteiger partial charge is 0.0666 e. The highest BCUT2D eigenvalue weighted by Crippen LogP contribution is 2.22. The number of nitriles is 1. The lowest BCUT2D eigenvalue weighted by Gasteiger charge is -2.28. The van der Waals surface area contributed by atoms with Crippen LogP contribution >= 0.6 is 11.6 Å². The van der Waals surface area contributed by atoms with Crippen LogP contribution in [0.25, 0.3) is 0 Å². The van der Waals surface area contributed by atoms with Crippen molar-refractivity contribution in [3.05, 3.63) is 34.9 Å². The predicted octanol–water partition coefficient (Wildman–Crippen LogP) is 2.43. The Kier molecular flexibility index (Phi) is 5.43. The average Bonchev–Trinajstić information content (AvgIpc) is 2.30. The standard InChI is InChI=1S/C13H18ClN3/c1-10(7-15)9-17(2)13(8-16)11-4-3-5-12(14)6-11/h3-6,10,13H,8-9,16H2,1-2H3. The van der Waals surface area contributed by atoms with Gasteiger partial charge in [0, 0.05) is 24.2 Å². The molecule has 17 heavy (non-hydrogen) atoms. The van der Waals surface area contributed by atoms with Crippen molar-refractivity contribution < 1.29 is 0 Å². The molecule has 4 heteroatoms. The molecular formula is C13H18ClN3. The molecule has 0 aliphatic heterocycles. The van der Waals surface area contributed by atoms with Crippen LogP contribution in [0.1, 0.15) is 18.5 Å². The fourth-order valence-electron chi connectivity index (χ4n) is 1.88. The summed E-state index contributed by atoms with van der Waals surface area (Å²) >= 11 is 5.97. The maximum absolute atomic E-state index is 8.82. The molecule has 1 aromatic rings. The number of benzene rings is 1. The normalized spacial score (nSPS) is 14.4. The largest absolute Gasteiger partial charge is 0.329 e. The van der Waals surface area contributed by atoms with Crippen molar-refractivity contribution in [2.45, 2.75) is 13.0 Å². The third kappa shape index (κ3) is 4.01. The molecule has 0 saturated carbocycles. The first-order valence-electron chi connectivity index (χ1n) is 5.64. The van der Waals surface area contributed by atoms with E-state index in [4.69, 9.17) is 22.6 Å². The number of nitrogens with two attached hydrogens (primary N) is 1. The lowest BCUT2D eigenvalue weighted by atomic mass is 10.0. The Labute approximate surface area is 108 Å². The fourth-order valence-corrected chi connectivity index (χ4v) is 2.08. The Balaban J connectivity index is 2.81. The van der Waals surface area contributed by atoms with Crippen LogP contribution < -0.4 is 5.73 Å². The Bertz CT molecular complexity index is 400. The van der Waals surface area contributed by atoms with Crippen molar-refractivity contribution >= 4 is 11.6 Å². The molecule has 0 aliphatic rings. The van der Waals surface area contributed by atoms with Gasteiger partial charge in [-0.1, -0.05) is 23.7 Å². The second-order valence-corrected chi connectivity index (χ2v) is 4.71. The van der Waals surface area contributed by atoms with Crippen LogP contribution in [0.3, 0.4) is 0 Å². The van der Waals surface area contributed by atoms with Gasteiger partial charge in [-0.15, -0.1) is 0 Å². The van der Waals surface area contributed by atoms with E-state index in [0.29, 0.717) is 18.1 Å². The van der Waals surface area contributed by atoms with Gasteiger partial charge in [0.1, 0.15) is 0 Å². The molecular weight excluding hydrogens is 234 g/mol. The minimum absolute atomic E-state index is 0.00626. The Morgan fingerprint density at radius 1 is 1.53 bits per heavy atom. The Hall–Kier alpha value is -1.08. The molecule has 2 N–H and O–H groups in total. The van der Waals surface area contributed by atoms with Crippen LogP contribution in [-0.4, -0.2) is 25.0 Å². The van der Waals surface area contributed by atoms with Crippen LogP contribution in [0.4, 0.5) is 0 Å². The van der Waals surface area contributed by atoms with E-state index in [0.717, 1.165) is 5.56 Å². The van der Waals surface area contributed by atoms with Gasteiger partial charge in [0.05, 0.1) is 12.0 Å². The molecule has 1 aromatic carbocycles. The number of rotatable bonds is 5. The maximum atomic E-state index is 8.82. The number of nitrogens with zero attached hydrogens (tertiary/aromatic N) is 2. The van der Waals surface area contributed by atoms with Gasteiger partial charge in [-0.3, -0.25) is 4.90 Å². The second-order valence-electron chi connectivity index (χ2n) is 4.28. The molecule has 0 bridgehead atoms. The quantitative estimate of drug-likeness (QED) is 0.875. The molecule has 0 amide bonds. The van der Waals surface area contributed by atoms with Gasteiger partial charge in [-0.25, -0.2) is 0 Å². The fraction of sp³-hybridized carbons (Fsp3) is 0.462. The molecule has 2 unspecified atom stereocenters. The summed E-state index contributed by atoms with van der Waals surface area (Å²) in [6, 6.07) is 10.0. The second kappa shape index (κ2) is 6.61. The Morgan fingerprint density at radius 3 is 2.76 bits per heavy atom. The van der Waals surface area contributed by atoms with E-state index in [1.807, 2.05) is 38.2 Å². The Morgan fingerprint density at radius 2 is 2.24 bits per heavy atom. The van der Waals surface area contributed by atoms with Crippen molar-refractivity contribution in [1.82, 2.24) is 4.90 Å². The summed E-state index contributed by atoms with van der Waals surface area (Å²) in [4.78, 5) is 2.10. The van der Waals surface area contributed by atoms with Crippen molar-refractivity contribution in [1.29, 1.82) is 5.26 Å². The van der Waals surface area contributed by atoms with E-state index < -0.39 is 0 Å². The highest BCUT2D eigenvalue weighted by Gasteiger charge is 2.17. The van der Waals surface area contributed by atoms with Gasteiger partial charge in [0.2, 0.25) is 0 Å². The average molecular weight is 252 g/mol. The molecule has 2 atom stereocenters. The summed E-state index contributed by atoms with van der Waals surface area (Å²) in [6.07, 6.45) is 0. The predicted molar refractivity (Wildman–Crippen MR) is 70.7 cm³/mol. The topological polar surface area (TPSA) is 53.0 Å². The van der Waals surface area contributed by atoms with E-state index in [1.165, 1.54) is 0 Å². The van der Waals surface area contributed by atoms with Crippen molar-refractivity contribution in [3.63, 3.8) is 0 Å². The molecule has 0 aliphatic carbocycles. The number of hydrogen-bond donors (Lipinski definition) is 1. The van der Waals surface area contributed by atoms with Gasteiger partial charge in [-0.05, 0) is 31.7 Å². The van der Waals surface area contributed by atoms with E-state index >= 15 is 0 Å². The summed E-state index contributed by atoms with van der Waals surface area (Å²) in [5.74, 6) is -0.00626. The van der Waals surface area contributed by atoms with Crippen LogP contribution in [-0.2, 0) is 0 Å². The van der Waals surface area contributed by atoms with Crippen LogP contribution in [0.15, 0.2) is 24.3 Å². The zero-order valence-electron chi connectivity index (χ0n) is 10.2. The van der Waals surface area contributed by atoms with Gasteiger partial charge in [0.25, 0.3) is 0 Å². The summed E-state index contributed by atoms with van der Waals surface area (Å²) in [5.41, 5.74) is 6.90. The minimum atomic E-state index is -0.00626. The molecule has 0 spiro atoms. The highest BCUT2D eigenvalue weighted by molar-refractivity contribution is 6.30. The minimum Gasteiger partial charge on any atom is -0.329 e. The molecule has 92 valence electrons. The van der Waals surface area contributed by atoms with E-state index in [2.05, 4.69) is 11.0 Å². The summed E-state index contributed by atoms with van der Waals surface area (Å²) in [6.45, 7) is 3.11. The summed E-state index contributed by atoms with van der Waals surface area (Å²) < 4.78 is 0. The van der Waals surface area contributed by atoms with E-state index in [-0.39, 0.29) is 12.0 Å². The monoisotopic (exact) mass is 251 g/mol. The molecule has 0 aromatic heterocycles. The molecule has 0 radical (unpaired) electrons. The van der Waals surface area contributed by atoms with Gasteiger partial charge in [0.15, 0.2) is 0 Å². The van der Waals surface area contributed by atoms with Crippen LogP contribution in [0.2, 0.25) is 5.02 Å². The highest BCUT2D eigenvalue weighted by atomic mass is 35.5. The molecule has 0 saturated heterocycles. The molecule has 1 rings (SSSR count). The first-order chi connectivity index (χ1) is 8.08. The number of halogens is 1. The van der Waals surface area contributed by atoms with Gasteiger partial charge in [-0.2, -0.15) is 5.26 Å². The number of likely N-dealkylation sites (N-methyl/N-ethyl adjacent to an activating group) is 1. The van der Waals surface area contributed by atoms with E-state index in [1.54, 1.807) is 0 Å². The lowest BCUT2D eigenvalue weighted by molar-refractivity contribution is 0.234. The molecule has 3 nitrogen and oxygen atoms in total. The third-order valence-corrected chi connectivity index (χ3v) is 3.01. The van der Waals surface area contributed by atoms with Gasteiger partial charge >= 0.3 is 0 Å². The van der Waals surface area contributed by atoms with Crippen molar-refractivity contribution in [3.8, 4) is 6.07 Å². The van der Waals surface area contributed by atoms with Crippen molar-refractivity contribution in [2.24, 2.45) is 11.7 Å². The number of hydrogen-bond acceptors (Lipinski definition) is 3. The SMILES string of the molecule is CC(C#N)CN(C)C(CN)c1cccc(Cl)c1. The lowest BCUT2D eigenvalue weighted by Crippen LogP contribution is -2.33. The first kappa shape index (κ1) is 14.0. The zero-order chi connectivity index (χ0) is 12.8. The van der Waals surface area contributed by atoms with E-state index in [9.17, 15) is 0 Å². The summed E-state index contributed by atoms with van der Waals surface area (Å²) in [7, 11) is 1.98. The van der Waals surface area contributed by atoms with Gasteiger partial charge < -0.3 is 5.73 Å². The third-order valence-electron chi connectivity index (χ3n) is 2.77. The summed E-state index contributed by atoms with van der Waals surface area (Å²) in [5, 5.41) is 9.53. The first-order valence-corrected chi connectivity index (χ1v) is 6.01. The van der Waals surface area contributed by atoms with Crippen LogP contribution in [0, 0.1) is 17.2 Å². The molecule has 0 heterocycles. The molecule has 0 fully saturated rings. The van der Waals surface area contributed by atoms with Crippen LogP contribution in [0.5, 0.6) is 0 Å². The van der Waals surface area contributed by atoms with Crippen molar-refractivity contribution in [2.75, 3.05) is 20.1 Å². The maximum Gasteiger partial charge on any atom is 0.0666 e.